The number of nitrogens with one attached hydrogen (secondary N) is 3. The molecule has 4 atom stereocenters. The monoisotopic (exact) mass is 603 g/mol. The fourth-order valence-electron chi connectivity index (χ4n) is 3.54. The third-order valence-electron chi connectivity index (χ3n) is 5.75. The van der Waals surface area contributed by atoms with E-state index in [1.54, 1.807) is 32.9 Å². The Morgan fingerprint density at radius 2 is 1.50 bits per heavy atom. The Hall–Kier alpha value is -3.61. The van der Waals surface area contributed by atoms with Crippen molar-refractivity contribution < 1.29 is 38.9 Å². The summed E-state index contributed by atoms with van der Waals surface area (Å²) in [4.78, 5) is 51.1. The minimum absolute atomic E-state index is 0.00123. The second kappa shape index (κ2) is 16.7. The molecule has 2 aromatic carbocycles. The van der Waals surface area contributed by atoms with Crippen LogP contribution in [0.4, 0.5) is 4.79 Å². The molecular weight excluding hydrogens is 562 g/mol. The number of hydrogen-bond acceptors (Lipinski definition) is 9. The van der Waals surface area contributed by atoms with Crippen LogP contribution in [0.3, 0.4) is 0 Å². The van der Waals surface area contributed by atoms with E-state index in [0.717, 1.165) is 16.7 Å². The van der Waals surface area contributed by atoms with E-state index in [2.05, 4.69) is 16.0 Å². The van der Waals surface area contributed by atoms with Crippen molar-refractivity contribution in [1.29, 1.82) is 0 Å². The number of aliphatic hydroxyl groups excluding tert-OH is 2. The van der Waals surface area contributed by atoms with Crippen LogP contribution in [0.1, 0.15) is 44.4 Å². The van der Waals surface area contributed by atoms with E-state index >= 15 is 0 Å². The molecule has 0 saturated carbocycles. The first-order valence-electron chi connectivity index (χ1n) is 13.5. The molecule has 230 valence electrons. The van der Waals surface area contributed by atoms with Crippen LogP contribution in [-0.4, -0.2) is 76.3 Å². The smallest absolute Gasteiger partial charge is 0.408 e. The highest BCUT2D eigenvalue weighted by atomic mass is 32.2. The molecule has 0 bridgehead atoms. The van der Waals surface area contributed by atoms with Crippen molar-refractivity contribution in [3.63, 3.8) is 0 Å². The lowest BCUT2D eigenvalue weighted by molar-refractivity contribution is -0.148. The summed E-state index contributed by atoms with van der Waals surface area (Å²) < 4.78 is 10.6. The molecule has 2 aromatic rings. The van der Waals surface area contributed by atoms with Crippen molar-refractivity contribution in [2.45, 2.75) is 76.8 Å². The van der Waals surface area contributed by atoms with Gasteiger partial charge in [0.05, 0.1) is 12.7 Å². The van der Waals surface area contributed by atoms with E-state index in [-0.39, 0.29) is 12.4 Å². The summed E-state index contributed by atoms with van der Waals surface area (Å²) >= 11 is 1.41. The zero-order chi connectivity index (χ0) is 31.3. The Labute approximate surface area is 250 Å². The second-order valence-corrected chi connectivity index (χ2v) is 11.8. The van der Waals surface area contributed by atoms with Crippen LogP contribution in [0.15, 0.2) is 54.6 Å². The maximum atomic E-state index is 13.1. The van der Waals surface area contributed by atoms with Gasteiger partial charge in [-0.3, -0.25) is 9.59 Å². The largest absolute Gasteiger partial charge is 0.459 e. The molecular formula is C30H41N3O8S. The third-order valence-corrected chi connectivity index (χ3v) is 6.86. The summed E-state index contributed by atoms with van der Waals surface area (Å²) in [6.45, 7) is 7.36. The van der Waals surface area contributed by atoms with Gasteiger partial charge in [0.15, 0.2) is 0 Å². The van der Waals surface area contributed by atoms with E-state index in [9.17, 15) is 29.4 Å². The zero-order valence-corrected chi connectivity index (χ0v) is 25.4. The van der Waals surface area contributed by atoms with E-state index in [0.29, 0.717) is 5.75 Å². The van der Waals surface area contributed by atoms with Gasteiger partial charge in [-0.2, -0.15) is 11.8 Å². The summed E-state index contributed by atoms with van der Waals surface area (Å²) in [6.07, 6.45) is -2.29. The first-order chi connectivity index (χ1) is 19.8. The fourth-order valence-corrected chi connectivity index (χ4v) is 4.55. The summed E-state index contributed by atoms with van der Waals surface area (Å²) in [5.74, 6) is -1.71. The average molecular weight is 604 g/mol. The maximum Gasteiger partial charge on any atom is 0.408 e. The van der Waals surface area contributed by atoms with Gasteiger partial charge in [0.1, 0.15) is 30.3 Å². The molecule has 0 spiro atoms. The number of hydrogen-bond donors (Lipinski definition) is 5. The van der Waals surface area contributed by atoms with Gasteiger partial charge >= 0.3 is 12.1 Å². The molecule has 0 heterocycles. The number of esters is 1. The topological polar surface area (TPSA) is 163 Å². The van der Waals surface area contributed by atoms with Crippen LogP contribution < -0.4 is 16.0 Å². The molecule has 0 radical (unpaired) electrons. The molecule has 0 fully saturated rings. The van der Waals surface area contributed by atoms with E-state index in [1.807, 2.05) is 49.4 Å². The molecule has 0 aromatic heterocycles. The van der Waals surface area contributed by atoms with Crippen molar-refractivity contribution in [3.8, 4) is 0 Å². The number of rotatable bonds is 14. The molecule has 12 heteroatoms. The molecule has 0 aliphatic heterocycles. The maximum absolute atomic E-state index is 13.1. The van der Waals surface area contributed by atoms with Gasteiger partial charge in [0.2, 0.25) is 11.8 Å². The van der Waals surface area contributed by atoms with Crippen molar-refractivity contribution >= 4 is 35.6 Å². The first kappa shape index (κ1) is 34.6. The van der Waals surface area contributed by atoms with Gasteiger partial charge < -0.3 is 35.6 Å². The van der Waals surface area contributed by atoms with Crippen molar-refractivity contribution in [1.82, 2.24) is 16.0 Å². The van der Waals surface area contributed by atoms with E-state index in [4.69, 9.17) is 9.47 Å². The number of aryl methyl sites for hydroxylation is 1. The standard InChI is InChI=1S/C30H41N3O8S/c1-19-11-13-22(14-12-19)17-42-18-24(28(38)40-16-21-9-7-6-8-10-21)32-26(36)23(15-34)31-27(37)25(20(2)35)33-29(39)41-30(3,4)5/h6-14,20,23-25,34-35H,15-18H2,1-5H3,(H,31,37)(H,32,36)(H,33,39)/t20-,23+,24+,25+/m1/s1. The zero-order valence-electron chi connectivity index (χ0n) is 24.6. The highest BCUT2D eigenvalue weighted by Crippen LogP contribution is 2.15. The van der Waals surface area contributed by atoms with Gasteiger partial charge in [0, 0.05) is 11.5 Å². The SMILES string of the molecule is Cc1ccc(CSC[C@H](NC(=O)[C@H](CO)NC(=O)[C@@H](NC(=O)OC(C)(C)C)[C@@H](C)O)C(=O)OCc2ccccc2)cc1. The Kier molecular flexibility index (Phi) is 13.8. The number of amides is 3. The van der Waals surface area contributed by atoms with Gasteiger partial charge in [-0.25, -0.2) is 9.59 Å². The van der Waals surface area contributed by atoms with Crippen molar-refractivity contribution in [2.24, 2.45) is 0 Å². The fraction of sp³-hybridized carbons (Fsp3) is 0.467. The van der Waals surface area contributed by atoms with Crippen LogP contribution >= 0.6 is 11.8 Å². The molecule has 0 saturated heterocycles. The quantitative estimate of drug-likeness (QED) is 0.204. The molecule has 42 heavy (non-hydrogen) atoms. The normalized spacial score (nSPS) is 14.1. The second-order valence-electron chi connectivity index (χ2n) is 10.8. The van der Waals surface area contributed by atoms with Crippen LogP contribution in [0.2, 0.25) is 0 Å². The summed E-state index contributed by atoms with van der Waals surface area (Å²) in [7, 11) is 0. The Morgan fingerprint density at radius 1 is 0.881 bits per heavy atom. The molecule has 0 unspecified atom stereocenters. The molecule has 2 rings (SSSR count). The minimum Gasteiger partial charge on any atom is -0.459 e. The molecule has 11 nitrogen and oxygen atoms in total. The van der Waals surface area contributed by atoms with Gasteiger partial charge in [-0.1, -0.05) is 60.2 Å². The number of alkyl carbamates (subject to hydrolysis) is 1. The summed E-state index contributed by atoms with van der Waals surface area (Å²) in [5, 5.41) is 27.1. The third kappa shape index (κ3) is 12.5. The van der Waals surface area contributed by atoms with Crippen molar-refractivity contribution in [2.75, 3.05) is 12.4 Å². The minimum atomic E-state index is -1.48. The number of carbonyl (C=O) groups excluding carboxylic acids is 4. The van der Waals surface area contributed by atoms with Gasteiger partial charge in [-0.05, 0) is 45.7 Å². The lowest BCUT2D eigenvalue weighted by Crippen LogP contribution is -2.59. The van der Waals surface area contributed by atoms with Crippen LogP contribution in [0.5, 0.6) is 0 Å². The Bertz CT molecular complexity index is 1170. The lowest BCUT2D eigenvalue weighted by atomic mass is 10.1. The van der Waals surface area contributed by atoms with E-state index < -0.39 is 60.3 Å². The predicted molar refractivity (Wildman–Crippen MR) is 159 cm³/mol. The van der Waals surface area contributed by atoms with Gasteiger partial charge in [-0.15, -0.1) is 0 Å². The van der Waals surface area contributed by atoms with Crippen LogP contribution in [-0.2, 0) is 36.2 Å². The van der Waals surface area contributed by atoms with E-state index in [1.165, 1.54) is 18.7 Å². The molecule has 0 aliphatic carbocycles. The summed E-state index contributed by atoms with van der Waals surface area (Å²) in [5.41, 5.74) is 2.08. The number of ether oxygens (including phenoxy) is 2. The van der Waals surface area contributed by atoms with Gasteiger partial charge in [0.25, 0.3) is 0 Å². The molecule has 5 N–H and O–H groups in total. The summed E-state index contributed by atoms with van der Waals surface area (Å²) in [6, 6.07) is 12.9. The highest BCUT2D eigenvalue weighted by molar-refractivity contribution is 7.98. The molecule has 0 aliphatic rings. The lowest BCUT2D eigenvalue weighted by Gasteiger charge is -2.26. The molecule has 3 amide bonds. The highest BCUT2D eigenvalue weighted by Gasteiger charge is 2.32. The average Bonchev–Trinajstić information content (AvgIpc) is 2.93. The Balaban J connectivity index is 2.08. The predicted octanol–water partition coefficient (Wildman–Crippen LogP) is 2.21. The first-order valence-corrected chi connectivity index (χ1v) is 14.7. The number of thioether (sulfide) groups is 1. The van der Waals surface area contributed by atoms with Crippen molar-refractivity contribution in [3.05, 3.63) is 71.3 Å². The van der Waals surface area contributed by atoms with Crippen LogP contribution in [0, 0.1) is 6.92 Å². The van der Waals surface area contributed by atoms with Crippen LogP contribution in [0.25, 0.3) is 0 Å². The number of benzene rings is 2. The number of aliphatic hydroxyl groups is 2. The number of carbonyl (C=O) groups is 4. The Morgan fingerprint density at radius 3 is 2.07 bits per heavy atom.